The first-order valence-corrected chi connectivity index (χ1v) is 5.57. The predicted octanol–water partition coefficient (Wildman–Crippen LogP) is 2.41. The van der Waals surface area contributed by atoms with E-state index in [1.165, 1.54) is 0 Å². The van der Waals surface area contributed by atoms with Crippen molar-refractivity contribution in [3.05, 3.63) is 48.4 Å². The molecule has 0 saturated carbocycles. The number of nitrogen functional groups attached to an aromatic ring is 1. The topological polar surface area (TPSA) is 65.4 Å². The van der Waals surface area contributed by atoms with Crippen LogP contribution in [0, 0.1) is 6.92 Å². The maximum absolute atomic E-state index is 5.79. The fraction of sp³-hybridized carbons (Fsp3) is 0.0769. The molecule has 1 aromatic carbocycles. The lowest BCUT2D eigenvalue weighted by Crippen LogP contribution is -1.99. The second-order valence-electron chi connectivity index (χ2n) is 4.00. The molecule has 0 saturated heterocycles. The Labute approximate surface area is 104 Å². The number of fused-ring (bicyclic) bond motifs is 1. The third-order valence-corrected chi connectivity index (χ3v) is 2.66. The molecule has 5 nitrogen and oxygen atoms in total. The summed E-state index contributed by atoms with van der Waals surface area (Å²) in [4.78, 5) is 8.39. The van der Waals surface area contributed by atoms with E-state index >= 15 is 0 Å². The summed E-state index contributed by atoms with van der Waals surface area (Å²) in [6.07, 6.45) is 5.19. The summed E-state index contributed by atoms with van der Waals surface area (Å²) in [6.45, 7) is 1.98. The minimum absolute atomic E-state index is 0.393. The molecule has 90 valence electrons. The first-order valence-electron chi connectivity index (χ1n) is 5.57. The molecule has 0 aliphatic carbocycles. The summed E-state index contributed by atoms with van der Waals surface area (Å²) in [5.41, 5.74) is 7.42. The van der Waals surface area contributed by atoms with Gasteiger partial charge in [-0.2, -0.15) is 4.98 Å². The molecule has 0 atom stereocenters. The highest BCUT2D eigenvalue weighted by molar-refractivity contribution is 5.54. The Morgan fingerprint density at radius 1 is 1.28 bits per heavy atom. The summed E-state index contributed by atoms with van der Waals surface area (Å²) >= 11 is 0. The zero-order chi connectivity index (χ0) is 12.5. The Kier molecular flexibility index (Phi) is 2.37. The largest absolute Gasteiger partial charge is 0.436 e. The van der Waals surface area contributed by atoms with Crippen LogP contribution in [-0.4, -0.2) is 14.4 Å². The lowest BCUT2D eigenvalue weighted by atomic mass is 10.2. The van der Waals surface area contributed by atoms with Crippen LogP contribution in [0.5, 0.6) is 11.6 Å². The molecule has 0 fully saturated rings. The van der Waals surface area contributed by atoms with Crippen LogP contribution < -0.4 is 10.5 Å². The van der Waals surface area contributed by atoms with Gasteiger partial charge in [0.1, 0.15) is 11.6 Å². The van der Waals surface area contributed by atoms with Gasteiger partial charge in [0.25, 0.3) is 5.88 Å². The quantitative estimate of drug-likeness (QED) is 0.747. The lowest BCUT2D eigenvalue weighted by Gasteiger charge is -2.08. The molecule has 3 aromatic rings. The van der Waals surface area contributed by atoms with Crippen LogP contribution in [0.4, 0.5) is 5.82 Å². The van der Waals surface area contributed by atoms with Gasteiger partial charge in [-0.05, 0) is 18.6 Å². The Morgan fingerprint density at radius 2 is 2.11 bits per heavy atom. The molecular formula is C13H12N4O. The zero-order valence-corrected chi connectivity index (χ0v) is 9.87. The first-order chi connectivity index (χ1) is 8.74. The number of aromatic nitrogens is 3. The average Bonchev–Trinajstić information content (AvgIpc) is 2.80. The van der Waals surface area contributed by atoms with E-state index in [1.807, 2.05) is 31.2 Å². The van der Waals surface area contributed by atoms with E-state index in [0.717, 1.165) is 11.3 Å². The van der Waals surface area contributed by atoms with Crippen molar-refractivity contribution >= 4 is 11.5 Å². The number of nitrogens with two attached hydrogens (primary N) is 1. The molecule has 2 aromatic heterocycles. The smallest absolute Gasteiger partial charge is 0.265 e. The lowest BCUT2D eigenvalue weighted by molar-refractivity contribution is 0.462. The van der Waals surface area contributed by atoms with Crippen molar-refractivity contribution in [2.24, 2.45) is 0 Å². The second kappa shape index (κ2) is 4.03. The van der Waals surface area contributed by atoms with Crippen LogP contribution >= 0.6 is 0 Å². The van der Waals surface area contributed by atoms with Crippen molar-refractivity contribution in [1.82, 2.24) is 14.4 Å². The van der Waals surface area contributed by atoms with Crippen LogP contribution in [0.1, 0.15) is 5.56 Å². The van der Waals surface area contributed by atoms with Crippen molar-refractivity contribution in [1.29, 1.82) is 0 Å². The number of benzene rings is 1. The monoisotopic (exact) mass is 240 g/mol. The zero-order valence-electron chi connectivity index (χ0n) is 9.87. The van der Waals surface area contributed by atoms with Crippen molar-refractivity contribution in [2.45, 2.75) is 6.92 Å². The standard InChI is InChI=1S/C13H12N4O/c1-9-4-2-3-5-10(9)18-13-12-15-6-7-17(12)8-11(14)16-13/h2-8H,14H2,1H3. The second-order valence-corrected chi connectivity index (χ2v) is 4.00. The molecule has 3 rings (SSSR count). The molecule has 0 spiro atoms. The number of nitrogens with zero attached hydrogens (tertiary/aromatic N) is 3. The number of imidazole rings is 1. The van der Waals surface area contributed by atoms with E-state index in [-0.39, 0.29) is 0 Å². The maximum atomic E-state index is 5.79. The number of para-hydroxylation sites is 1. The summed E-state index contributed by atoms with van der Waals surface area (Å²) in [7, 11) is 0. The molecule has 18 heavy (non-hydrogen) atoms. The van der Waals surface area contributed by atoms with Crippen molar-refractivity contribution in [2.75, 3.05) is 5.73 Å². The van der Waals surface area contributed by atoms with E-state index in [1.54, 1.807) is 23.0 Å². The van der Waals surface area contributed by atoms with Crippen LogP contribution in [0.2, 0.25) is 0 Å². The summed E-state index contributed by atoms with van der Waals surface area (Å²) < 4.78 is 7.57. The van der Waals surface area contributed by atoms with Gasteiger partial charge in [0.15, 0.2) is 0 Å². The molecule has 5 heteroatoms. The Balaban J connectivity index is 2.10. The Morgan fingerprint density at radius 3 is 2.94 bits per heavy atom. The van der Waals surface area contributed by atoms with E-state index in [0.29, 0.717) is 17.3 Å². The highest BCUT2D eigenvalue weighted by Gasteiger charge is 2.09. The Hall–Kier alpha value is -2.56. The molecule has 2 heterocycles. The molecule has 0 amide bonds. The summed E-state index contributed by atoms with van der Waals surface area (Å²) in [6, 6.07) is 7.74. The molecule has 0 bridgehead atoms. The van der Waals surface area contributed by atoms with E-state index in [9.17, 15) is 0 Å². The maximum Gasteiger partial charge on any atom is 0.265 e. The fourth-order valence-electron chi connectivity index (χ4n) is 1.77. The van der Waals surface area contributed by atoms with Gasteiger partial charge >= 0.3 is 0 Å². The first kappa shape index (κ1) is 10.6. The van der Waals surface area contributed by atoms with E-state index < -0.39 is 0 Å². The molecule has 2 N–H and O–H groups in total. The number of anilines is 1. The molecule has 0 aliphatic heterocycles. The van der Waals surface area contributed by atoms with Gasteiger partial charge in [-0.3, -0.25) is 4.40 Å². The van der Waals surface area contributed by atoms with Gasteiger partial charge in [0, 0.05) is 12.4 Å². The van der Waals surface area contributed by atoms with Gasteiger partial charge in [-0.15, -0.1) is 0 Å². The minimum Gasteiger partial charge on any atom is -0.436 e. The van der Waals surface area contributed by atoms with Crippen LogP contribution in [0.15, 0.2) is 42.9 Å². The van der Waals surface area contributed by atoms with Crippen LogP contribution in [-0.2, 0) is 0 Å². The van der Waals surface area contributed by atoms with Crippen LogP contribution in [0.25, 0.3) is 5.65 Å². The molecule has 0 radical (unpaired) electrons. The van der Waals surface area contributed by atoms with Gasteiger partial charge in [-0.1, -0.05) is 18.2 Å². The normalized spacial score (nSPS) is 10.7. The molecule has 0 aliphatic rings. The van der Waals surface area contributed by atoms with E-state index in [2.05, 4.69) is 9.97 Å². The third-order valence-electron chi connectivity index (χ3n) is 2.66. The highest BCUT2D eigenvalue weighted by Crippen LogP contribution is 2.26. The van der Waals surface area contributed by atoms with Gasteiger partial charge < -0.3 is 10.5 Å². The number of ether oxygens (including phenoxy) is 1. The number of rotatable bonds is 2. The average molecular weight is 240 g/mol. The van der Waals surface area contributed by atoms with Gasteiger partial charge in [-0.25, -0.2) is 4.98 Å². The number of hydrogen-bond donors (Lipinski definition) is 1. The summed E-state index contributed by atoms with van der Waals surface area (Å²) in [5.74, 6) is 1.55. The molecule has 0 unspecified atom stereocenters. The van der Waals surface area contributed by atoms with Crippen molar-refractivity contribution in [3.63, 3.8) is 0 Å². The third kappa shape index (κ3) is 1.75. The highest BCUT2D eigenvalue weighted by atomic mass is 16.5. The molecular weight excluding hydrogens is 228 g/mol. The number of aryl methyl sites for hydroxylation is 1. The SMILES string of the molecule is Cc1ccccc1Oc1nc(N)cn2ccnc12. The fourth-order valence-corrected chi connectivity index (χ4v) is 1.77. The van der Waals surface area contributed by atoms with E-state index in [4.69, 9.17) is 10.5 Å². The summed E-state index contributed by atoms with van der Waals surface area (Å²) in [5, 5.41) is 0. The van der Waals surface area contributed by atoms with Crippen molar-refractivity contribution < 1.29 is 4.74 Å². The van der Waals surface area contributed by atoms with Crippen LogP contribution in [0.3, 0.4) is 0 Å². The minimum atomic E-state index is 0.393. The Bertz CT molecular complexity index is 705. The van der Waals surface area contributed by atoms with Gasteiger partial charge in [0.2, 0.25) is 5.65 Å². The van der Waals surface area contributed by atoms with Gasteiger partial charge in [0.05, 0.1) is 6.20 Å². The predicted molar refractivity (Wildman–Crippen MR) is 68.7 cm³/mol. The van der Waals surface area contributed by atoms with Crippen molar-refractivity contribution in [3.8, 4) is 11.6 Å². The number of hydrogen-bond acceptors (Lipinski definition) is 4.